The van der Waals surface area contributed by atoms with Crippen LogP contribution in [0, 0.1) is 5.92 Å². The first-order valence-electron chi connectivity index (χ1n) is 8.52. The summed E-state index contributed by atoms with van der Waals surface area (Å²) in [6, 6.07) is 9.59. The van der Waals surface area contributed by atoms with E-state index in [1.807, 2.05) is 30.3 Å². The average molecular weight is 362 g/mol. The summed E-state index contributed by atoms with van der Waals surface area (Å²) in [6.07, 6.45) is 0.908. The zero-order chi connectivity index (χ0) is 18.7. The molecule has 1 aromatic carbocycles. The van der Waals surface area contributed by atoms with E-state index < -0.39 is 36.2 Å². The van der Waals surface area contributed by atoms with Crippen LogP contribution in [0.5, 0.6) is 0 Å². The minimum absolute atomic E-state index is 0.0638. The van der Waals surface area contributed by atoms with Gasteiger partial charge in [-0.25, -0.2) is 8.78 Å². The predicted octanol–water partition coefficient (Wildman–Crippen LogP) is 3.69. The summed E-state index contributed by atoms with van der Waals surface area (Å²) in [4.78, 5) is 26.4. The molecule has 7 heteroatoms. The van der Waals surface area contributed by atoms with Crippen molar-refractivity contribution in [1.82, 2.24) is 10.3 Å². The lowest BCUT2D eigenvalue weighted by Crippen LogP contribution is -2.46. The molecule has 1 fully saturated rings. The van der Waals surface area contributed by atoms with Crippen molar-refractivity contribution < 1.29 is 23.5 Å². The van der Waals surface area contributed by atoms with Gasteiger partial charge in [0.05, 0.1) is 17.5 Å². The molecule has 2 aromatic rings. The highest BCUT2D eigenvalue weighted by Gasteiger charge is 2.44. The van der Waals surface area contributed by atoms with E-state index in [1.54, 1.807) is 6.07 Å². The largest absolute Gasteiger partial charge is 0.481 e. The quantitative estimate of drug-likeness (QED) is 0.726. The second-order valence-electron chi connectivity index (χ2n) is 6.61. The van der Waals surface area contributed by atoms with Gasteiger partial charge in [0.1, 0.15) is 0 Å². The second kappa shape index (κ2) is 7.27. The molecule has 1 heterocycles. The zero-order valence-corrected chi connectivity index (χ0v) is 14.0. The highest BCUT2D eigenvalue weighted by molar-refractivity contribution is 5.95. The smallest absolute Gasteiger partial charge is 0.306 e. The minimum Gasteiger partial charge on any atom is -0.481 e. The van der Waals surface area contributed by atoms with Crippen molar-refractivity contribution in [2.24, 2.45) is 5.92 Å². The summed E-state index contributed by atoms with van der Waals surface area (Å²) in [6.45, 7) is 0. The molecule has 1 saturated carbocycles. The number of aromatic nitrogens is 1. The van der Waals surface area contributed by atoms with E-state index in [0.29, 0.717) is 5.69 Å². The van der Waals surface area contributed by atoms with Crippen molar-refractivity contribution in [3.05, 3.63) is 48.2 Å². The summed E-state index contributed by atoms with van der Waals surface area (Å²) < 4.78 is 28.6. The standard InChI is InChI=1S/C19H20F2N2O3/c20-19(21)9-8-13(18(25)26)6-7-16(19)23-17(24)14-10-15(22-11-14)12-4-2-1-3-5-12/h1-5,10-11,13,16,22H,6-9H2,(H,23,24)(H,25,26)/t13-,16-/m1/s1. The lowest BCUT2D eigenvalue weighted by molar-refractivity contribution is -0.142. The summed E-state index contributed by atoms with van der Waals surface area (Å²) in [5.74, 6) is -5.58. The Balaban J connectivity index is 1.71. The van der Waals surface area contributed by atoms with Gasteiger partial charge in [0, 0.05) is 18.3 Å². The van der Waals surface area contributed by atoms with Crippen molar-refractivity contribution >= 4 is 11.9 Å². The molecule has 0 aliphatic heterocycles. The Hall–Kier alpha value is -2.70. The molecule has 138 valence electrons. The third-order valence-corrected chi connectivity index (χ3v) is 4.82. The van der Waals surface area contributed by atoms with Crippen LogP contribution in [0.2, 0.25) is 0 Å². The van der Waals surface area contributed by atoms with E-state index >= 15 is 0 Å². The number of rotatable bonds is 4. The number of aromatic amines is 1. The molecule has 0 bridgehead atoms. The molecule has 0 saturated heterocycles. The number of carbonyl (C=O) groups excluding carboxylic acids is 1. The highest BCUT2D eigenvalue weighted by Crippen LogP contribution is 2.35. The summed E-state index contributed by atoms with van der Waals surface area (Å²) >= 11 is 0. The molecule has 1 amide bonds. The Labute approximate surface area is 149 Å². The summed E-state index contributed by atoms with van der Waals surface area (Å²) in [5, 5.41) is 11.4. The maximum absolute atomic E-state index is 14.3. The maximum atomic E-state index is 14.3. The molecular weight excluding hydrogens is 342 g/mol. The van der Waals surface area contributed by atoms with Crippen molar-refractivity contribution in [3.8, 4) is 11.3 Å². The summed E-state index contributed by atoms with van der Waals surface area (Å²) in [7, 11) is 0. The van der Waals surface area contributed by atoms with Crippen LogP contribution < -0.4 is 5.32 Å². The van der Waals surface area contributed by atoms with Gasteiger partial charge in [0.15, 0.2) is 0 Å². The number of alkyl halides is 2. The van der Waals surface area contributed by atoms with Crippen LogP contribution in [0.3, 0.4) is 0 Å². The Morgan fingerprint density at radius 3 is 2.58 bits per heavy atom. The first kappa shape index (κ1) is 18.1. The molecule has 0 unspecified atom stereocenters. The van der Waals surface area contributed by atoms with Gasteiger partial charge in [0.2, 0.25) is 0 Å². The number of carboxylic acids is 1. The molecule has 0 spiro atoms. The number of H-pyrrole nitrogens is 1. The molecular formula is C19H20F2N2O3. The van der Waals surface area contributed by atoms with Crippen molar-refractivity contribution in [2.45, 2.75) is 37.6 Å². The van der Waals surface area contributed by atoms with Gasteiger partial charge in [-0.2, -0.15) is 0 Å². The van der Waals surface area contributed by atoms with Gasteiger partial charge in [0.25, 0.3) is 11.8 Å². The van der Waals surface area contributed by atoms with Gasteiger partial charge in [-0.3, -0.25) is 9.59 Å². The first-order valence-corrected chi connectivity index (χ1v) is 8.52. The van der Waals surface area contributed by atoms with Gasteiger partial charge < -0.3 is 15.4 Å². The highest BCUT2D eigenvalue weighted by atomic mass is 19.3. The molecule has 3 N–H and O–H groups in total. The van der Waals surface area contributed by atoms with E-state index in [4.69, 9.17) is 5.11 Å². The molecule has 3 rings (SSSR count). The number of hydrogen-bond acceptors (Lipinski definition) is 2. The van der Waals surface area contributed by atoms with Crippen molar-refractivity contribution in [1.29, 1.82) is 0 Å². The molecule has 5 nitrogen and oxygen atoms in total. The topological polar surface area (TPSA) is 82.2 Å². The van der Waals surface area contributed by atoms with Gasteiger partial charge in [-0.15, -0.1) is 0 Å². The van der Waals surface area contributed by atoms with E-state index in [9.17, 15) is 18.4 Å². The number of carbonyl (C=O) groups is 2. The third kappa shape index (κ3) is 3.92. The molecule has 2 atom stereocenters. The van der Waals surface area contributed by atoms with Crippen LogP contribution in [0.15, 0.2) is 42.6 Å². The predicted molar refractivity (Wildman–Crippen MR) is 92.0 cm³/mol. The zero-order valence-electron chi connectivity index (χ0n) is 14.0. The SMILES string of the molecule is O=C(N[C@@H]1CC[C@@H](C(=O)O)CCC1(F)F)c1c[nH]c(-c2ccccc2)c1. The minimum atomic E-state index is -3.13. The number of benzene rings is 1. The molecule has 1 aliphatic carbocycles. The Bertz CT molecular complexity index is 789. The van der Waals surface area contributed by atoms with Gasteiger partial charge in [-0.1, -0.05) is 30.3 Å². The fourth-order valence-electron chi connectivity index (χ4n) is 3.24. The molecule has 26 heavy (non-hydrogen) atoms. The third-order valence-electron chi connectivity index (χ3n) is 4.82. The first-order chi connectivity index (χ1) is 12.4. The Morgan fingerprint density at radius 2 is 1.88 bits per heavy atom. The monoisotopic (exact) mass is 362 g/mol. The summed E-state index contributed by atoms with van der Waals surface area (Å²) in [5.41, 5.74) is 1.86. The van der Waals surface area contributed by atoms with E-state index in [1.165, 1.54) is 6.20 Å². The van der Waals surface area contributed by atoms with Crippen LogP contribution in [0.1, 0.15) is 36.0 Å². The molecule has 1 aliphatic rings. The van der Waals surface area contributed by atoms with Crippen LogP contribution in [0.25, 0.3) is 11.3 Å². The van der Waals surface area contributed by atoms with Crippen LogP contribution >= 0.6 is 0 Å². The van der Waals surface area contributed by atoms with E-state index in [-0.39, 0.29) is 24.8 Å². The Morgan fingerprint density at radius 1 is 1.15 bits per heavy atom. The van der Waals surface area contributed by atoms with E-state index in [0.717, 1.165) is 5.56 Å². The number of hydrogen-bond donors (Lipinski definition) is 3. The van der Waals surface area contributed by atoms with Crippen LogP contribution in [-0.2, 0) is 4.79 Å². The number of aliphatic carboxylic acids is 1. The van der Waals surface area contributed by atoms with Crippen molar-refractivity contribution in [3.63, 3.8) is 0 Å². The Kier molecular flexibility index (Phi) is 5.06. The van der Waals surface area contributed by atoms with Crippen LogP contribution in [0.4, 0.5) is 8.78 Å². The molecule has 1 aromatic heterocycles. The van der Waals surface area contributed by atoms with Crippen LogP contribution in [-0.4, -0.2) is 33.9 Å². The lowest BCUT2D eigenvalue weighted by Gasteiger charge is -2.25. The molecule has 0 radical (unpaired) electrons. The normalized spacial score (nSPS) is 22.4. The lowest BCUT2D eigenvalue weighted by atomic mass is 10.0. The number of nitrogens with one attached hydrogen (secondary N) is 2. The van der Waals surface area contributed by atoms with Crippen molar-refractivity contribution in [2.75, 3.05) is 0 Å². The second-order valence-corrected chi connectivity index (χ2v) is 6.61. The van der Waals surface area contributed by atoms with Gasteiger partial charge in [-0.05, 0) is 30.9 Å². The fourth-order valence-corrected chi connectivity index (χ4v) is 3.24. The van der Waals surface area contributed by atoms with E-state index in [2.05, 4.69) is 10.3 Å². The maximum Gasteiger partial charge on any atom is 0.306 e. The number of halogens is 2. The fraction of sp³-hybridized carbons (Fsp3) is 0.368. The average Bonchev–Trinajstić information content (AvgIpc) is 3.05. The number of carboxylic acid groups (broad SMARTS) is 1. The number of amides is 1. The van der Waals surface area contributed by atoms with Gasteiger partial charge >= 0.3 is 5.97 Å².